The van der Waals surface area contributed by atoms with Crippen molar-refractivity contribution in [2.75, 3.05) is 6.54 Å². The molecule has 0 radical (unpaired) electrons. The Hall–Kier alpha value is -2.41. The Kier molecular flexibility index (Phi) is 5.48. The third-order valence-electron chi connectivity index (χ3n) is 2.80. The largest absolute Gasteiger partial charge is 0.480 e. The van der Waals surface area contributed by atoms with Crippen LogP contribution in [0.2, 0.25) is 5.02 Å². The standard InChI is InChI=1S/C14H14ClN3O4/c15-10-6-4-9(5-7-10)14-17-12(22-18-14)3-1-2-11(19)16-8-13(20)21/h4-7H,1-3,8H2,(H,16,19)(H,20,21). The number of rotatable bonds is 7. The third-order valence-corrected chi connectivity index (χ3v) is 3.05. The summed E-state index contributed by atoms with van der Waals surface area (Å²) in [4.78, 5) is 25.9. The lowest BCUT2D eigenvalue weighted by atomic mass is 10.2. The van der Waals surface area contributed by atoms with Crippen LogP contribution in [-0.2, 0) is 16.0 Å². The van der Waals surface area contributed by atoms with Crippen LogP contribution in [0.1, 0.15) is 18.7 Å². The second kappa shape index (κ2) is 7.56. The van der Waals surface area contributed by atoms with Gasteiger partial charge in [0.2, 0.25) is 17.6 Å². The van der Waals surface area contributed by atoms with E-state index in [1.165, 1.54) is 0 Å². The smallest absolute Gasteiger partial charge is 0.322 e. The van der Waals surface area contributed by atoms with Crippen molar-refractivity contribution in [3.05, 3.63) is 35.2 Å². The number of nitrogens with zero attached hydrogens (tertiary/aromatic N) is 2. The van der Waals surface area contributed by atoms with E-state index in [4.69, 9.17) is 21.2 Å². The quantitative estimate of drug-likeness (QED) is 0.806. The highest BCUT2D eigenvalue weighted by Gasteiger charge is 2.10. The lowest BCUT2D eigenvalue weighted by Crippen LogP contribution is -2.28. The maximum Gasteiger partial charge on any atom is 0.322 e. The molecular weight excluding hydrogens is 310 g/mol. The SMILES string of the molecule is O=C(O)CNC(=O)CCCc1nc(-c2ccc(Cl)cc2)no1. The molecule has 116 valence electrons. The van der Waals surface area contributed by atoms with Crippen LogP contribution in [0.4, 0.5) is 0 Å². The molecule has 0 bridgehead atoms. The summed E-state index contributed by atoms with van der Waals surface area (Å²) in [7, 11) is 0. The Morgan fingerprint density at radius 3 is 2.68 bits per heavy atom. The maximum absolute atomic E-state index is 11.3. The van der Waals surface area contributed by atoms with Gasteiger partial charge >= 0.3 is 5.97 Å². The first-order valence-corrected chi connectivity index (χ1v) is 6.99. The summed E-state index contributed by atoms with van der Waals surface area (Å²) >= 11 is 5.81. The Labute approximate surface area is 131 Å². The van der Waals surface area contributed by atoms with Gasteiger partial charge in [-0.3, -0.25) is 9.59 Å². The molecule has 1 aromatic carbocycles. The topological polar surface area (TPSA) is 105 Å². The fourth-order valence-corrected chi connectivity index (χ4v) is 1.86. The average Bonchev–Trinajstić information content (AvgIpc) is 2.95. The van der Waals surface area contributed by atoms with Crippen LogP contribution in [0.5, 0.6) is 0 Å². The van der Waals surface area contributed by atoms with Crippen LogP contribution in [-0.4, -0.2) is 33.7 Å². The Balaban J connectivity index is 1.81. The zero-order valence-electron chi connectivity index (χ0n) is 11.6. The fraction of sp³-hybridized carbons (Fsp3) is 0.286. The Bertz CT molecular complexity index is 654. The van der Waals surface area contributed by atoms with Crippen molar-refractivity contribution in [2.45, 2.75) is 19.3 Å². The minimum Gasteiger partial charge on any atom is -0.480 e. The molecule has 1 aromatic heterocycles. The first kappa shape index (κ1) is 16.0. The van der Waals surface area contributed by atoms with Crippen LogP contribution >= 0.6 is 11.6 Å². The maximum atomic E-state index is 11.3. The number of aliphatic carboxylic acids is 1. The van der Waals surface area contributed by atoms with Crippen molar-refractivity contribution >= 4 is 23.5 Å². The van der Waals surface area contributed by atoms with Gasteiger partial charge in [0.1, 0.15) is 6.54 Å². The van der Waals surface area contributed by atoms with Crippen molar-refractivity contribution in [3.63, 3.8) is 0 Å². The van der Waals surface area contributed by atoms with Crippen LogP contribution < -0.4 is 5.32 Å². The molecule has 0 saturated heterocycles. The molecule has 0 saturated carbocycles. The number of benzene rings is 1. The van der Waals surface area contributed by atoms with Crippen molar-refractivity contribution in [1.29, 1.82) is 0 Å². The van der Waals surface area contributed by atoms with E-state index in [1.54, 1.807) is 24.3 Å². The molecule has 0 unspecified atom stereocenters. The summed E-state index contributed by atoms with van der Waals surface area (Å²) < 4.78 is 5.11. The molecule has 8 heteroatoms. The third kappa shape index (κ3) is 4.85. The van der Waals surface area contributed by atoms with Gasteiger partial charge in [0.15, 0.2) is 0 Å². The normalized spacial score (nSPS) is 10.4. The number of carbonyl (C=O) groups is 2. The van der Waals surface area contributed by atoms with Gasteiger partial charge in [-0.25, -0.2) is 0 Å². The minimum atomic E-state index is -1.07. The van der Waals surface area contributed by atoms with E-state index in [0.29, 0.717) is 29.6 Å². The number of aryl methyl sites for hydroxylation is 1. The molecule has 0 atom stereocenters. The number of aromatic nitrogens is 2. The molecule has 1 heterocycles. The molecule has 22 heavy (non-hydrogen) atoms. The molecule has 2 aromatic rings. The molecule has 2 N–H and O–H groups in total. The first-order valence-electron chi connectivity index (χ1n) is 6.61. The zero-order chi connectivity index (χ0) is 15.9. The van der Waals surface area contributed by atoms with Crippen molar-refractivity contribution in [3.8, 4) is 11.4 Å². The second-order valence-corrected chi connectivity index (χ2v) is 4.98. The molecular formula is C14H14ClN3O4. The predicted octanol–water partition coefficient (Wildman–Crippen LogP) is 1.91. The molecule has 0 spiro atoms. The van der Waals surface area contributed by atoms with E-state index in [0.717, 1.165) is 5.56 Å². The second-order valence-electron chi connectivity index (χ2n) is 4.54. The summed E-state index contributed by atoms with van der Waals surface area (Å²) in [6.45, 7) is -0.375. The van der Waals surface area contributed by atoms with Crippen LogP contribution in [0.3, 0.4) is 0 Å². The highest BCUT2D eigenvalue weighted by atomic mass is 35.5. The van der Waals surface area contributed by atoms with E-state index < -0.39 is 5.97 Å². The predicted molar refractivity (Wildman–Crippen MR) is 78.3 cm³/mol. The number of nitrogens with one attached hydrogen (secondary N) is 1. The lowest BCUT2D eigenvalue weighted by molar-refractivity contribution is -0.137. The number of hydrogen-bond acceptors (Lipinski definition) is 5. The van der Waals surface area contributed by atoms with Crippen molar-refractivity contribution in [2.24, 2.45) is 0 Å². The van der Waals surface area contributed by atoms with Crippen molar-refractivity contribution < 1.29 is 19.2 Å². The van der Waals surface area contributed by atoms with E-state index in [-0.39, 0.29) is 18.9 Å². The van der Waals surface area contributed by atoms with Crippen molar-refractivity contribution in [1.82, 2.24) is 15.5 Å². The van der Waals surface area contributed by atoms with Gasteiger partial charge in [-0.05, 0) is 30.7 Å². The van der Waals surface area contributed by atoms with Gasteiger partial charge in [-0.2, -0.15) is 4.98 Å². The zero-order valence-corrected chi connectivity index (χ0v) is 12.3. The molecule has 0 fully saturated rings. The summed E-state index contributed by atoms with van der Waals surface area (Å²) in [6.07, 6.45) is 1.14. The highest BCUT2D eigenvalue weighted by Crippen LogP contribution is 2.19. The number of amides is 1. The Morgan fingerprint density at radius 2 is 2.00 bits per heavy atom. The molecule has 7 nitrogen and oxygen atoms in total. The molecule has 2 rings (SSSR count). The lowest BCUT2D eigenvalue weighted by Gasteiger charge is -2.00. The van der Waals surface area contributed by atoms with Gasteiger partial charge in [-0.1, -0.05) is 16.8 Å². The molecule has 0 aliphatic rings. The minimum absolute atomic E-state index is 0.200. The van der Waals surface area contributed by atoms with Gasteiger partial charge < -0.3 is 14.9 Å². The fourth-order valence-electron chi connectivity index (χ4n) is 1.74. The summed E-state index contributed by atoms with van der Waals surface area (Å²) in [5.74, 6) is -0.504. The number of hydrogen-bond donors (Lipinski definition) is 2. The number of carboxylic acids is 1. The van der Waals surface area contributed by atoms with Gasteiger partial charge in [0, 0.05) is 23.4 Å². The molecule has 1 amide bonds. The first-order chi connectivity index (χ1) is 10.5. The van der Waals surface area contributed by atoms with E-state index in [2.05, 4.69) is 15.5 Å². The number of halogens is 1. The Morgan fingerprint density at radius 1 is 1.27 bits per heavy atom. The van der Waals surface area contributed by atoms with E-state index >= 15 is 0 Å². The van der Waals surface area contributed by atoms with Gasteiger partial charge in [0.25, 0.3) is 0 Å². The summed E-state index contributed by atoms with van der Waals surface area (Å²) in [5, 5.41) is 15.2. The van der Waals surface area contributed by atoms with Crippen LogP contribution in [0.15, 0.2) is 28.8 Å². The average molecular weight is 324 g/mol. The van der Waals surface area contributed by atoms with Gasteiger partial charge in [-0.15, -0.1) is 0 Å². The highest BCUT2D eigenvalue weighted by molar-refractivity contribution is 6.30. The van der Waals surface area contributed by atoms with Crippen LogP contribution in [0.25, 0.3) is 11.4 Å². The van der Waals surface area contributed by atoms with E-state index in [9.17, 15) is 9.59 Å². The summed E-state index contributed by atoms with van der Waals surface area (Å²) in [5.41, 5.74) is 0.790. The molecule has 0 aliphatic carbocycles. The number of carbonyl (C=O) groups excluding carboxylic acids is 1. The monoisotopic (exact) mass is 323 g/mol. The van der Waals surface area contributed by atoms with Crippen LogP contribution in [0, 0.1) is 0 Å². The molecule has 0 aliphatic heterocycles. The summed E-state index contributed by atoms with van der Waals surface area (Å²) in [6, 6.07) is 7.05. The van der Waals surface area contributed by atoms with Gasteiger partial charge in [0.05, 0.1) is 0 Å². The number of carboxylic acid groups (broad SMARTS) is 1. The van der Waals surface area contributed by atoms with E-state index in [1.807, 2.05) is 0 Å².